The molecule has 2 aromatic rings. The van der Waals surface area contributed by atoms with E-state index in [2.05, 4.69) is 21.3 Å². The summed E-state index contributed by atoms with van der Waals surface area (Å²) in [5.74, 6) is 0.129. The first-order chi connectivity index (χ1) is 11.0. The van der Waals surface area contributed by atoms with Crippen LogP contribution in [0.1, 0.15) is 21.8 Å². The van der Waals surface area contributed by atoms with Crippen LogP contribution in [0, 0.1) is 13.8 Å². The van der Waals surface area contributed by atoms with E-state index in [9.17, 15) is 9.59 Å². The van der Waals surface area contributed by atoms with Crippen LogP contribution in [0.15, 0.2) is 28.8 Å². The van der Waals surface area contributed by atoms with E-state index in [-0.39, 0.29) is 6.54 Å². The van der Waals surface area contributed by atoms with Gasteiger partial charge in [-0.15, -0.1) is 0 Å². The summed E-state index contributed by atoms with van der Waals surface area (Å²) in [5, 5.41) is 6.61. The van der Waals surface area contributed by atoms with Crippen molar-refractivity contribution in [2.75, 3.05) is 19.0 Å². The van der Waals surface area contributed by atoms with Crippen molar-refractivity contribution in [1.82, 2.24) is 16.0 Å². The molecule has 1 aromatic heterocycles. The van der Waals surface area contributed by atoms with E-state index >= 15 is 0 Å². The van der Waals surface area contributed by atoms with Crippen molar-refractivity contribution in [2.45, 2.75) is 13.8 Å². The normalized spacial score (nSPS) is 10.0. The summed E-state index contributed by atoms with van der Waals surface area (Å²) < 4.78 is 10.1. The van der Waals surface area contributed by atoms with E-state index < -0.39 is 11.8 Å². The number of carbonyl (C=O) groups is 2. The predicted molar refractivity (Wildman–Crippen MR) is 83.1 cm³/mol. The van der Waals surface area contributed by atoms with Crippen LogP contribution in [0.5, 0.6) is 5.75 Å². The molecule has 1 heterocycles. The van der Waals surface area contributed by atoms with Crippen LogP contribution in [0.3, 0.4) is 0 Å². The van der Waals surface area contributed by atoms with E-state index in [1.165, 1.54) is 0 Å². The molecule has 23 heavy (non-hydrogen) atoms. The zero-order valence-corrected chi connectivity index (χ0v) is 13.1. The predicted octanol–water partition coefficient (Wildman–Crippen LogP) is 1.17. The van der Waals surface area contributed by atoms with Crippen LogP contribution in [-0.4, -0.2) is 30.6 Å². The van der Waals surface area contributed by atoms with Crippen LogP contribution >= 0.6 is 0 Å². The maximum Gasteiger partial charge on any atom is 0.275 e. The van der Waals surface area contributed by atoms with Crippen LogP contribution in [0.2, 0.25) is 0 Å². The number of nitrogens with one attached hydrogen (secondary N) is 3. The smallest absolute Gasteiger partial charge is 0.275 e. The maximum absolute atomic E-state index is 12.0. The molecule has 0 aliphatic carbocycles. The second-order valence-corrected chi connectivity index (χ2v) is 4.76. The van der Waals surface area contributed by atoms with E-state index in [1.54, 1.807) is 33.1 Å². The molecule has 0 aliphatic rings. The zero-order chi connectivity index (χ0) is 16.8. The molecular formula is C15H18N4O4. The molecule has 0 unspecified atom stereocenters. The summed E-state index contributed by atoms with van der Waals surface area (Å²) >= 11 is 0. The summed E-state index contributed by atoms with van der Waals surface area (Å²) in [6.07, 6.45) is 0. The Balaban J connectivity index is 1.85. The molecular weight excluding hydrogens is 300 g/mol. The van der Waals surface area contributed by atoms with Crippen LogP contribution in [-0.2, 0) is 4.79 Å². The highest BCUT2D eigenvalue weighted by molar-refractivity contribution is 5.97. The fourth-order valence-corrected chi connectivity index (χ4v) is 2.01. The molecule has 8 nitrogen and oxygen atoms in total. The number of hydrazine groups is 1. The lowest BCUT2D eigenvalue weighted by Crippen LogP contribution is -2.44. The van der Waals surface area contributed by atoms with Crippen LogP contribution in [0.4, 0.5) is 5.69 Å². The molecule has 0 radical (unpaired) electrons. The number of aromatic nitrogens is 1. The van der Waals surface area contributed by atoms with Gasteiger partial charge in [0.1, 0.15) is 17.1 Å². The summed E-state index contributed by atoms with van der Waals surface area (Å²) in [4.78, 5) is 23.8. The first-order valence-electron chi connectivity index (χ1n) is 6.92. The van der Waals surface area contributed by atoms with Gasteiger partial charge in [-0.2, -0.15) is 0 Å². The molecule has 3 N–H and O–H groups in total. The lowest BCUT2D eigenvalue weighted by atomic mass is 10.2. The molecule has 1 aromatic carbocycles. The topological polar surface area (TPSA) is 105 Å². The number of hydrogen-bond acceptors (Lipinski definition) is 6. The Kier molecular flexibility index (Phi) is 5.19. The summed E-state index contributed by atoms with van der Waals surface area (Å²) in [5.41, 5.74) is 6.09. The number of rotatable bonds is 5. The quantitative estimate of drug-likeness (QED) is 0.715. The molecule has 2 amide bonds. The Labute approximate surface area is 133 Å². The molecule has 0 saturated heterocycles. The lowest BCUT2D eigenvalue weighted by molar-refractivity contribution is -0.120. The van der Waals surface area contributed by atoms with Gasteiger partial charge in [0, 0.05) is 0 Å². The average molecular weight is 318 g/mol. The highest BCUT2D eigenvalue weighted by atomic mass is 16.5. The van der Waals surface area contributed by atoms with Gasteiger partial charge in [0.2, 0.25) is 0 Å². The van der Waals surface area contributed by atoms with Crippen molar-refractivity contribution in [3.05, 3.63) is 41.3 Å². The van der Waals surface area contributed by atoms with Crippen molar-refractivity contribution >= 4 is 17.5 Å². The first-order valence-corrected chi connectivity index (χ1v) is 6.92. The molecule has 0 bridgehead atoms. The number of para-hydroxylation sites is 2. The molecule has 0 fully saturated rings. The number of hydrogen-bond donors (Lipinski definition) is 3. The number of benzene rings is 1. The number of nitrogens with zero attached hydrogens (tertiary/aromatic N) is 1. The number of carbonyl (C=O) groups excluding carboxylic acids is 2. The van der Waals surface area contributed by atoms with Crippen molar-refractivity contribution in [3.63, 3.8) is 0 Å². The van der Waals surface area contributed by atoms with Gasteiger partial charge in [-0.1, -0.05) is 17.3 Å². The fourth-order valence-electron chi connectivity index (χ4n) is 2.01. The Morgan fingerprint density at radius 3 is 2.61 bits per heavy atom. The minimum atomic E-state index is -0.480. The largest absolute Gasteiger partial charge is 0.495 e. The van der Waals surface area contributed by atoms with Gasteiger partial charge in [0.05, 0.1) is 25.0 Å². The molecule has 0 aliphatic heterocycles. The van der Waals surface area contributed by atoms with Crippen molar-refractivity contribution < 1.29 is 18.8 Å². The van der Waals surface area contributed by atoms with E-state index in [0.29, 0.717) is 28.5 Å². The van der Waals surface area contributed by atoms with Gasteiger partial charge in [-0.3, -0.25) is 20.4 Å². The maximum atomic E-state index is 12.0. The molecule has 2 rings (SSSR count). The number of amides is 2. The Hall–Kier alpha value is -3.03. The Bertz CT molecular complexity index is 692. The molecule has 0 spiro atoms. The second kappa shape index (κ2) is 7.30. The van der Waals surface area contributed by atoms with Crippen molar-refractivity contribution in [2.24, 2.45) is 0 Å². The summed E-state index contributed by atoms with van der Waals surface area (Å²) in [6, 6.07) is 7.21. The van der Waals surface area contributed by atoms with Crippen molar-refractivity contribution in [1.29, 1.82) is 0 Å². The standard InChI is InChI=1S/C15H18N4O4/c1-9-14(10(2)23-19-9)15(21)18-17-13(20)8-16-11-6-4-5-7-12(11)22-3/h4-7,16H,8H2,1-3H3,(H,17,20)(H,18,21). The summed E-state index contributed by atoms with van der Waals surface area (Å²) in [6.45, 7) is 3.25. The second-order valence-electron chi connectivity index (χ2n) is 4.76. The zero-order valence-electron chi connectivity index (χ0n) is 13.1. The Morgan fingerprint density at radius 2 is 1.96 bits per heavy atom. The van der Waals surface area contributed by atoms with Gasteiger partial charge >= 0.3 is 0 Å². The van der Waals surface area contributed by atoms with Crippen LogP contribution in [0.25, 0.3) is 0 Å². The fraction of sp³-hybridized carbons (Fsp3) is 0.267. The number of aryl methyl sites for hydroxylation is 2. The van der Waals surface area contributed by atoms with E-state index in [0.717, 1.165) is 0 Å². The van der Waals surface area contributed by atoms with Gasteiger partial charge in [0.15, 0.2) is 0 Å². The lowest BCUT2D eigenvalue weighted by Gasteiger charge is -2.11. The van der Waals surface area contributed by atoms with Gasteiger partial charge < -0.3 is 14.6 Å². The molecule has 8 heteroatoms. The van der Waals surface area contributed by atoms with E-state index in [1.807, 2.05) is 12.1 Å². The number of ether oxygens (including phenoxy) is 1. The monoisotopic (exact) mass is 318 g/mol. The van der Waals surface area contributed by atoms with E-state index in [4.69, 9.17) is 9.26 Å². The molecule has 0 saturated carbocycles. The van der Waals surface area contributed by atoms with Crippen LogP contribution < -0.4 is 20.9 Å². The molecule has 0 atom stereocenters. The minimum absolute atomic E-state index is 0.0255. The third-order valence-corrected chi connectivity index (χ3v) is 3.12. The number of methoxy groups -OCH3 is 1. The third-order valence-electron chi connectivity index (χ3n) is 3.12. The summed E-state index contributed by atoms with van der Waals surface area (Å²) in [7, 11) is 1.55. The van der Waals surface area contributed by atoms with Gasteiger partial charge in [-0.25, -0.2) is 0 Å². The Morgan fingerprint density at radius 1 is 1.22 bits per heavy atom. The highest BCUT2D eigenvalue weighted by Crippen LogP contribution is 2.22. The minimum Gasteiger partial charge on any atom is -0.495 e. The highest BCUT2D eigenvalue weighted by Gasteiger charge is 2.17. The first kappa shape index (κ1) is 16.3. The van der Waals surface area contributed by atoms with Crippen molar-refractivity contribution in [3.8, 4) is 5.75 Å². The van der Waals surface area contributed by atoms with Gasteiger partial charge in [0.25, 0.3) is 11.8 Å². The van der Waals surface area contributed by atoms with Gasteiger partial charge in [-0.05, 0) is 26.0 Å². The number of anilines is 1. The molecule has 122 valence electrons. The third kappa shape index (κ3) is 4.00. The average Bonchev–Trinajstić information content (AvgIpc) is 2.89. The SMILES string of the molecule is COc1ccccc1NCC(=O)NNC(=O)c1c(C)noc1C.